The van der Waals surface area contributed by atoms with Crippen molar-refractivity contribution in [1.29, 1.82) is 0 Å². The number of carbonyl (C=O) groups is 2. The number of fused-ring (bicyclic) bond motifs is 12. The lowest BCUT2D eigenvalue weighted by Gasteiger charge is -2.23. The monoisotopic (exact) mass is 1280 g/mol. The zero-order valence-corrected chi connectivity index (χ0v) is 50.6. The van der Waals surface area contributed by atoms with E-state index in [0.717, 1.165) is 73.4 Å². The summed E-state index contributed by atoms with van der Waals surface area (Å²) in [4.78, 5) is 43.6. The quantitative estimate of drug-likeness (QED) is 0.0964. The van der Waals surface area contributed by atoms with Gasteiger partial charge >= 0.3 is 6.18 Å². The Morgan fingerprint density at radius 1 is 0.560 bits per heavy atom. The molecule has 4 aromatic carbocycles. The van der Waals surface area contributed by atoms with Crippen molar-refractivity contribution in [2.24, 2.45) is 0 Å². The predicted octanol–water partition coefficient (Wildman–Crippen LogP) is 12.4. The second kappa shape index (κ2) is 22.0. The third-order valence-corrected chi connectivity index (χ3v) is 18.9. The van der Waals surface area contributed by atoms with Gasteiger partial charge in [0.25, 0.3) is 11.8 Å². The van der Waals surface area contributed by atoms with Crippen LogP contribution < -0.4 is 19.2 Å². The van der Waals surface area contributed by atoms with Gasteiger partial charge < -0.3 is 28.6 Å². The number of rotatable bonds is 10. The predicted molar refractivity (Wildman–Crippen MR) is 333 cm³/mol. The van der Waals surface area contributed by atoms with E-state index in [-0.39, 0.29) is 67.8 Å². The molecule has 2 N–H and O–H groups in total. The van der Waals surface area contributed by atoms with Crippen LogP contribution in [0.4, 0.5) is 37.7 Å². The SMILES string of the molecule is CNC(=O)c1c(-c2ccc(C(F)(F)F)nc2)oc2cc(N(C)S(C)(=O)=O)c(-c3ccc4c(n3)-c3cc5c(F)cccc5n3CC4)cc12.CNC(=O)c1c(-c2ccc(F)nc2)oc2cc(N(C)S(C)(=O)=O)c(-c3ccc4c(n3)-c3cc5c(F)cccc5n3CC4)cc12. The first-order valence-corrected chi connectivity index (χ1v) is 31.8. The summed E-state index contributed by atoms with van der Waals surface area (Å²) in [5.74, 6) is -2.30. The molecule has 2 aliphatic rings. The number of sulfonamides is 2. The topological polar surface area (TPSA) is 221 Å². The van der Waals surface area contributed by atoms with Gasteiger partial charge in [-0.1, -0.05) is 24.3 Å². The smallest absolute Gasteiger partial charge is 0.433 e. The first-order valence-electron chi connectivity index (χ1n) is 28.1. The molecule has 0 aliphatic carbocycles. The Hall–Kier alpha value is -10.3. The van der Waals surface area contributed by atoms with Crippen molar-refractivity contribution in [2.45, 2.75) is 32.1 Å². The van der Waals surface area contributed by atoms with Gasteiger partial charge in [-0.3, -0.25) is 23.2 Å². The van der Waals surface area contributed by atoms with E-state index in [1.54, 1.807) is 48.5 Å². The molecule has 14 rings (SSSR count). The minimum Gasteiger partial charge on any atom is -0.455 e. The fourth-order valence-electron chi connectivity index (χ4n) is 11.8. The van der Waals surface area contributed by atoms with Crippen molar-refractivity contribution in [3.63, 3.8) is 0 Å². The van der Waals surface area contributed by atoms with Gasteiger partial charge in [-0.25, -0.2) is 40.6 Å². The molecule has 2 amide bonds. The molecule has 0 spiro atoms. The van der Waals surface area contributed by atoms with Crippen LogP contribution in [0.5, 0.6) is 0 Å². The van der Waals surface area contributed by atoms with Crippen LogP contribution >= 0.6 is 0 Å². The minimum atomic E-state index is -4.67. The second-order valence-corrected chi connectivity index (χ2v) is 25.9. The summed E-state index contributed by atoms with van der Waals surface area (Å²) < 4.78 is 152. The number of pyridine rings is 4. The molecule has 0 saturated heterocycles. The Bertz CT molecular complexity index is 5280. The highest BCUT2D eigenvalue weighted by Gasteiger charge is 2.34. The summed E-state index contributed by atoms with van der Waals surface area (Å²) in [7, 11) is -1.89. The van der Waals surface area contributed by atoms with E-state index >= 15 is 0 Å². The lowest BCUT2D eigenvalue weighted by molar-refractivity contribution is -0.141. The molecule has 91 heavy (non-hydrogen) atoms. The highest BCUT2D eigenvalue weighted by atomic mass is 32.2. The summed E-state index contributed by atoms with van der Waals surface area (Å²) >= 11 is 0. The highest BCUT2D eigenvalue weighted by molar-refractivity contribution is 7.92. The van der Waals surface area contributed by atoms with E-state index in [9.17, 15) is 52.8 Å². The van der Waals surface area contributed by atoms with Crippen molar-refractivity contribution in [2.75, 3.05) is 49.3 Å². The molecular weight excluding hydrogens is 1230 g/mol. The number of alkyl halides is 3. The lowest BCUT2D eigenvalue weighted by atomic mass is 9.99. The standard InChI is InChI=1S/C33H25F4N5O4S.C32H25F2N5O4S/c1-38-32(43)29-21-13-20(23-9-7-17-11-12-42-24-6-4-5-22(34)19(24)14-26(42)30(17)40-23)25(41(2)47(3,44)45)15-27(21)46-31(29)18-8-10-28(39-16-18)33(35,36)37;1-35-32(40)29-21-13-20(25(38(2)44(3,41)42)15-27(21)43-31(29)18-8-10-28(34)36-16-18)23-9-7-17-11-12-39-24-6-4-5-22(33)19(24)14-26(39)30(17)37-23/h4-10,13-16H,11-12H2,1-3H3,(H,38,43);4-10,13-16H,11-12H2,1-3H3,(H,35,40). The zero-order valence-electron chi connectivity index (χ0n) is 49.0. The van der Waals surface area contributed by atoms with Crippen LogP contribution in [0.25, 0.3) is 112 Å². The normalized spacial score (nSPS) is 12.9. The van der Waals surface area contributed by atoms with E-state index in [1.165, 1.54) is 58.7 Å². The Kier molecular flexibility index (Phi) is 14.4. The van der Waals surface area contributed by atoms with Crippen molar-refractivity contribution >= 4 is 87.0 Å². The molecule has 10 heterocycles. The van der Waals surface area contributed by atoms with E-state index < -0.39 is 49.7 Å². The van der Waals surface area contributed by atoms with Gasteiger partial charge in [0.15, 0.2) is 0 Å². The number of nitrogens with zero attached hydrogens (tertiary/aromatic N) is 8. The number of nitrogens with one attached hydrogen (secondary N) is 2. The fourth-order valence-corrected chi connectivity index (χ4v) is 12.8. The molecule has 0 unspecified atom stereocenters. The molecule has 0 bridgehead atoms. The van der Waals surface area contributed by atoms with Gasteiger partial charge in [0, 0.05) is 110 Å². The molecule has 462 valence electrons. The number of amides is 2. The number of hydrogen-bond acceptors (Lipinski definition) is 12. The van der Waals surface area contributed by atoms with Gasteiger partial charge in [-0.2, -0.15) is 17.6 Å². The molecular formula is C65H50F6N10O8S2. The summed E-state index contributed by atoms with van der Waals surface area (Å²) in [6.45, 7) is 1.28. The third-order valence-electron chi connectivity index (χ3n) is 16.5. The van der Waals surface area contributed by atoms with Gasteiger partial charge in [0.05, 0.1) is 80.2 Å². The van der Waals surface area contributed by atoms with E-state index in [4.69, 9.17) is 18.8 Å². The number of aromatic nitrogens is 6. The number of benzene rings is 4. The van der Waals surface area contributed by atoms with Gasteiger partial charge in [-0.15, -0.1) is 0 Å². The molecule has 2 aliphatic heterocycles. The van der Waals surface area contributed by atoms with Crippen LogP contribution in [0.2, 0.25) is 0 Å². The van der Waals surface area contributed by atoms with Crippen molar-refractivity contribution in [3.8, 4) is 67.9 Å². The zero-order chi connectivity index (χ0) is 64.3. The molecule has 0 atom stereocenters. The Morgan fingerprint density at radius 2 is 1.00 bits per heavy atom. The number of aryl methyl sites for hydroxylation is 4. The van der Waals surface area contributed by atoms with E-state index in [0.29, 0.717) is 87.2 Å². The summed E-state index contributed by atoms with van der Waals surface area (Å²) in [6.07, 6.45) is 0.996. The van der Waals surface area contributed by atoms with Crippen LogP contribution in [0.1, 0.15) is 37.5 Å². The Morgan fingerprint density at radius 3 is 1.38 bits per heavy atom. The van der Waals surface area contributed by atoms with Crippen LogP contribution in [0.3, 0.4) is 0 Å². The van der Waals surface area contributed by atoms with Crippen LogP contribution in [0.15, 0.2) is 143 Å². The summed E-state index contributed by atoms with van der Waals surface area (Å²) in [5.41, 5.74) is 8.11. The van der Waals surface area contributed by atoms with Crippen molar-refractivity contribution in [3.05, 3.63) is 179 Å². The number of carbonyl (C=O) groups excluding carboxylic acids is 2. The molecule has 18 nitrogen and oxygen atoms in total. The van der Waals surface area contributed by atoms with Crippen molar-refractivity contribution < 1.29 is 61.6 Å². The second-order valence-electron chi connectivity index (χ2n) is 21.9. The number of anilines is 2. The van der Waals surface area contributed by atoms with Gasteiger partial charge in [0.2, 0.25) is 26.0 Å². The number of hydrogen-bond donors (Lipinski definition) is 2. The number of halogens is 6. The molecule has 0 radical (unpaired) electrons. The third kappa shape index (κ3) is 10.3. The number of furan rings is 2. The first kappa shape index (κ1) is 59.6. The van der Waals surface area contributed by atoms with Crippen molar-refractivity contribution in [1.82, 2.24) is 39.7 Å². The molecule has 0 fully saturated rings. The van der Waals surface area contributed by atoms with Crippen LogP contribution in [-0.2, 0) is 52.2 Å². The maximum absolute atomic E-state index is 14.7. The average Bonchev–Trinajstić information content (AvgIpc) is 1.67. The van der Waals surface area contributed by atoms with Gasteiger partial charge in [-0.05, 0) is 109 Å². The van der Waals surface area contributed by atoms with Crippen LogP contribution in [0, 0.1) is 17.6 Å². The summed E-state index contributed by atoms with van der Waals surface area (Å²) in [6, 6.07) is 31.6. The molecule has 0 saturated carbocycles. The molecule has 12 aromatic rings. The molecule has 8 aromatic heterocycles. The average molecular weight is 1280 g/mol. The van der Waals surface area contributed by atoms with Crippen LogP contribution in [-0.4, -0.2) is 98.4 Å². The fraction of sp³-hybridized carbons (Fsp3) is 0.169. The molecule has 26 heteroatoms. The largest absolute Gasteiger partial charge is 0.455 e. The summed E-state index contributed by atoms with van der Waals surface area (Å²) in [5, 5.41) is 6.80. The first-order chi connectivity index (χ1) is 43.3. The minimum absolute atomic E-state index is 0.0208. The van der Waals surface area contributed by atoms with E-state index in [2.05, 4.69) is 20.6 Å². The van der Waals surface area contributed by atoms with Gasteiger partial charge in [0.1, 0.15) is 40.0 Å². The lowest BCUT2D eigenvalue weighted by Crippen LogP contribution is -2.25. The maximum atomic E-state index is 14.7. The Balaban J connectivity index is 0.000000167. The van der Waals surface area contributed by atoms with E-state index in [1.807, 2.05) is 39.5 Å². The maximum Gasteiger partial charge on any atom is 0.433 e. The highest BCUT2D eigenvalue weighted by Crippen LogP contribution is 2.46. The Labute approximate surface area is 514 Å².